The molecule has 160 valence electrons. The number of halogens is 1. The van der Waals surface area contributed by atoms with Crippen LogP contribution in [0.25, 0.3) is 11.3 Å². The number of benzene rings is 2. The lowest BCUT2D eigenvalue weighted by Gasteiger charge is -2.35. The molecule has 2 N–H and O–H groups in total. The smallest absolute Gasteiger partial charge is 0.293 e. The van der Waals surface area contributed by atoms with Crippen LogP contribution in [-0.4, -0.2) is 23.6 Å². The van der Waals surface area contributed by atoms with Crippen LogP contribution in [0.4, 0.5) is 11.4 Å². The Morgan fingerprint density at radius 3 is 2.68 bits per heavy atom. The number of piperidine rings is 1. The summed E-state index contributed by atoms with van der Waals surface area (Å²) in [5.41, 5.74) is 2.82. The highest BCUT2D eigenvalue weighted by molar-refractivity contribution is 7.80. The third-order valence-electron chi connectivity index (χ3n) is 5.43. The first-order valence-corrected chi connectivity index (χ1v) is 11.1. The van der Waals surface area contributed by atoms with Gasteiger partial charge in [0.25, 0.3) is 5.91 Å². The van der Waals surface area contributed by atoms with Crippen molar-refractivity contribution in [1.82, 2.24) is 5.32 Å². The largest absolute Gasteiger partial charge is 0.451 e. The van der Waals surface area contributed by atoms with Crippen molar-refractivity contribution in [3.8, 4) is 11.3 Å². The number of nitrogens with one attached hydrogen (secondary N) is 2. The van der Waals surface area contributed by atoms with Gasteiger partial charge in [-0.2, -0.15) is 0 Å². The number of nitrogens with zero attached hydrogens (tertiary/aromatic N) is 1. The van der Waals surface area contributed by atoms with Crippen LogP contribution in [0, 0.1) is 0 Å². The summed E-state index contributed by atoms with van der Waals surface area (Å²) in [6, 6.07) is 19.3. The van der Waals surface area contributed by atoms with E-state index in [-0.39, 0.29) is 10.9 Å². The summed E-state index contributed by atoms with van der Waals surface area (Å²) in [5, 5.41) is 6.52. The number of hydrogen-bond donors (Lipinski definition) is 2. The molecule has 5 nitrogen and oxygen atoms in total. The van der Waals surface area contributed by atoms with Gasteiger partial charge in [0.05, 0.1) is 0 Å². The van der Waals surface area contributed by atoms with Crippen molar-refractivity contribution in [2.45, 2.75) is 32.2 Å². The highest BCUT2D eigenvalue weighted by Crippen LogP contribution is 2.26. The maximum atomic E-state index is 12.5. The van der Waals surface area contributed by atoms with E-state index >= 15 is 0 Å². The molecule has 0 saturated carbocycles. The van der Waals surface area contributed by atoms with E-state index in [0.717, 1.165) is 17.8 Å². The second kappa shape index (κ2) is 9.54. The van der Waals surface area contributed by atoms with Crippen molar-refractivity contribution in [1.29, 1.82) is 0 Å². The minimum atomic E-state index is -0.412. The van der Waals surface area contributed by atoms with Gasteiger partial charge in [-0.25, -0.2) is 0 Å². The average Bonchev–Trinajstić information content (AvgIpc) is 3.25. The third kappa shape index (κ3) is 5.27. The van der Waals surface area contributed by atoms with Crippen molar-refractivity contribution in [2.75, 3.05) is 16.8 Å². The molecule has 0 spiro atoms. The van der Waals surface area contributed by atoms with Gasteiger partial charge in [-0.15, -0.1) is 0 Å². The molecular weight excluding hydrogens is 430 g/mol. The van der Waals surface area contributed by atoms with Crippen LogP contribution in [0.2, 0.25) is 5.02 Å². The number of rotatable bonds is 4. The van der Waals surface area contributed by atoms with Crippen molar-refractivity contribution < 1.29 is 9.21 Å². The molecule has 7 heteroatoms. The summed E-state index contributed by atoms with van der Waals surface area (Å²) >= 11 is 11.3. The minimum absolute atomic E-state index is 0.175. The third-order valence-corrected chi connectivity index (χ3v) is 5.87. The zero-order valence-electron chi connectivity index (χ0n) is 17.2. The van der Waals surface area contributed by atoms with E-state index in [9.17, 15) is 4.79 Å². The summed E-state index contributed by atoms with van der Waals surface area (Å²) < 4.78 is 5.67. The van der Waals surface area contributed by atoms with E-state index in [1.807, 2.05) is 24.3 Å². The van der Waals surface area contributed by atoms with Crippen LogP contribution < -0.4 is 15.5 Å². The Morgan fingerprint density at radius 1 is 1.13 bits per heavy atom. The van der Waals surface area contributed by atoms with Gasteiger partial charge in [-0.05, 0) is 86.9 Å². The minimum Gasteiger partial charge on any atom is -0.451 e. The molecule has 0 aliphatic carbocycles. The molecule has 1 amide bonds. The number of carbonyl (C=O) groups excluding carboxylic acids is 1. The Balaban J connectivity index is 1.35. The Kier molecular flexibility index (Phi) is 6.59. The molecule has 1 aromatic heterocycles. The number of carbonyl (C=O) groups is 1. The molecule has 1 atom stereocenters. The molecule has 31 heavy (non-hydrogen) atoms. The lowest BCUT2D eigenvalue weighted by atomic mass is 10.0. The Morgan fingerprint density at radius 2 is 1.94 bits per heavy atom. The molecule has 0 unspecified atom stereocenters. The number of anilines is 2. The van der Waals surface area contributed by atoms with Crippen molar-refractivity contribution in [3.63, 3.8) is 0 Å². The van der Waals surface area contributed by atoms with Gasteiger partial charge in [0.2, 0.25) is 0 Å². The maximum Gasteiger partial charge on any atom is 0.293 e. The topological polar surface area (TPSA) is 57.5 Å². The molecule has 1 aliphatic heterocycles. The van der Waals surface area contributed by atoms with Crippen LogP contribution in [-0.2, 0) is 0 Å². The van der Waals surface area contributed by atoms with Crippen molar-refractivity contribution in [3.05, 3.63) is 71.4 Å². The number of furan rings is 1. The van der Waals surface area contributed by atoms with E-state index < -0.39 is 5.91 Å². The van der Waals surface area contributed by atoms with Crippen LogP contribution in [0.5, 0.6) is 0 Å². The zero-order chi connectivity index (χ0) is 21.8. The van der Waals surface area contributed by atoms with Crippen molar-refractivity contribution in [2.24, 2.45) is 0 Å². The average molecular weight is 454 g/mol. The monoisotopic (exact) mass is 453 g/mol. The number of amides is 1. The molecule has 2 heterocycles. The second-order valence-corrected chi connectivity index (χ2v) is 8.51. The summed E-state index contributed by atoms with van der Waals surface area (Å²) in [5.74, 6) is 0.326. The van der Waals surface area contributed by atoms with Gasteiger partial charge >= 0.3 is 0 Å². The fourth-order valence-corrected chi connectivity index (χ4v) is 4.20. The molecule has 1 saturated heterocycles. The van der Waals surface area contributed by atoms with Crippen LogP contribution >= 0.6 is 23.8 Å². The van der Waals surface area contributed by atoms with E-state index in [2.05, 4.69) is 34.6 Å². The summed E-state index contributed by atoms with van der Waals surface area (Å²) in [4.78, 5) is 14.9. The van der Waals surface area contributed by atoms with E-state index in [4.69, 9.17) is 28.2 Å². The first-order chi connectivity index (χ1) is 15.0. The number of hydrogen-bond acceptors (Lipinski definition) is 4. The summed E-state index contributed by atoms with van der Waals surface area (Å²) in [7, 11) is 0. The molecule has 0 bridgehead atoms. The van der Waals surface area contributed by atoms with Gasteiger partial charge in [0.15, 0.2) is 10.9 Å². The lowest BCUT2D eigenvalue weighted by molar-refractivity contribution is 0.0951. The van der Waals surface area contributed by atoms with Crippen LogP contribution in [0.15, 0.2) is 65.1 Å². The Bertz CT molecular complexity index is 1080. The zero-order valence-corrected chi connectivity index (χ0v) is 18.8. The quantitative estimate of drug-likeness (QED) is 0.467. The van der Waals surface area contributed by atoms with Gasteiger partial charge in [0, 0.05) is 34.5 Å². The summed E-state index contributed by atoms with van der Waals surface area (Å²) in [6.45, 7) is 3.35. The Labute approximate surface area is 192 Å². The van der Waals surface area contributed by atoms with Gasteiger partial charge < -0.3 is 14.6 Å². The highest BCUT2D eigenvalue weighted by Gasteiger charge is 2.18. The van der Waals surface area contributed by atoms with Crippen LogP contribution in [0.1, 0.15) is 36.7 Å². The molecule has 4 rings (SSSR count). The summed E-state index contributed by atoms with van der Waals surface area (Å²) in [6.07, 6.45) is 3.75. The van der Waals surface area contributed by atoms with Crippen LogP contribution in [0.3, 0.4) is 0 Å². The highest BCUT2D eigenvalue weighted by atomic mass is 35.5. The van der Waals surface area contributed by atoms with E-state index in [1.54, 1.807) is 24.3 Å². The SMILES string of the molecule is C[C@H]1CCCCN1c1ccc(NC(=S)NC(=O)c2ccc(-c3cccc(Cl)c3)o2)cc1. The molecule has 1 aliphatic rings. The van der Waals surface area contributed by atoms with Crippen molar-refractivity contribution >= 4 is 46.2 Å². The molecule has 1 fully saturated rings. The molecular formula is C24H24ClN3O2S. The maximum absolute atomic E-state index is 12.5. The fourth-order valence-electron chi connectivity index (χ4n) is 3.80. The lowest BCUT2D eigenvalue weighted by Crippen LogP contribution is -2.37. The molecule has 0 radical (unpaired) electrons. The first kappa shape index (κ1) is 21.4. The van der Waals surface area contributed by atoms with Gasteiger partial charge in [-0.3, -0.25) is 10.1 Å². The predicted molar refractivity (Wildman–Crippen MR) is 130 cm³/mol. The number of thiocarbonyl (C=S) groups is 1. The second-order valence-electron chi connectivity index (χ2n) is 7.67. The van der Waals surface area contributed by atoms with E-state index in [1.165, 1.54) is 24.9 Å². The Hall–Kier alpha value is -2.83. The van der Waals surface area contributed by atoms with Gasteiger partial charge in [0.1, 0.15) is 5.76 Å². The molecule has 2 aromatic carbocycles. The first-order valence-electron chi connectivity index (χ1n) is 10.3. The predicted octanol–water partition coefficient (Wildman–Crippen LogP) is 6.11. The fraction of sp³-hybridized carbons (Fsp3) is 0.250. The molecule has 3 aromatic rings. The van der Waals surface area contributed by atoms with Gasteiger partial charge in [-0.1, -0.05) is 23.7 Å². The van der Waals surface area contributed by atoms with E-state index in [0.29, 0.717) is 16.8 Å². The standard InChI is InChI=1S/C24H24ClN3O2S/c1-16-5-2-3-14-28(16)20-10-8-19(9-11-20)26-24(31)27-23(29)22-13-12-21(30-22)17-6-4-7-18(25)15-17/h4,6-13,15-16H,2-3,5,14H2,1H3,(H2,26,27,29,31)/t16-/m0/s1. The normalized spacial score (nSPS) is 16.1.